The predicted molar refractivity (Wildman–Crippen MR) is 59.6 cm³/mol. The van der Waals surface area contributed by atoms with Crippen molar-refractivity contribution in [3.8, 4) is 0 Å². The zero-order valence-electron chi connectivity index (χ0n) is 8.67. The highest BCUT2D eigenvalue weighted by atomic mass is 35.5. The van der Waals surface area contributed by atoms with Crippen LogP contribution in [0.4, 0.5) is 4.39 Å². The van der Waals surface area contributed by atoms with Crippen molar-refractivity contribution in [2.24, 2.45) is 0 Å². The number of carboxylic acids is 1. The molecule has 0 heterocycles. The molecule has 2 rings (SSSR count). The summed E-state index contributed by atoms with van der Waals surface area (Å²) in [5.41, 5.74) is 0.102. The van der Waals surface area contributed by atoms with Gasteiger partial charge in [0.25, 0.3) is 0 Å². The van der Waals surface area contributed by atoms with Gasteiger partial charge in [-0.2, -0.15) is 0 Å². The van der Waals surface area contributed by atoms with Crippen molar-refractivity contribution in [1.82, 2.24) is 0 Å². The second kappa shape index (κ2) is 4.42. The van der Waals surface area contributed by atoms with E-state index in [9.17, 15) is 9.18 Å². The number of hydrogen-bond acceptors (Lipinski definition) is 1. The van der Waals surface area contributed by atoms with Gasteiger partial charge in [0.1, 0.15) is 11.4 Å². The van der Waals surface area contributed by atoms with Crippen LogP contribution >= 0.6 is 11.6 Å². The molecule has 1 fully saturated rings. The van der Waals surface area contributed by atoms with Crippen molar-refractivity contribution in [1.29, 1.82) is 0 Å². The Hall–Kier alpha value is -1.09. The lowest BCUT2D eigenvalue weighted by atomic mass is 9.95. The number of carboxylic acid groups (broad SMARTS) is 1. The van der Waals surface area contributed by atoms with Gasteiger partial charge in [0.05, 0.1) is 5.02 Å². The Bertz CT molecular complexity index is 425. The van der Waals surface area contributed by atoms with Gasteiger partial charge in [-0.05, 0) is 30.4 Å². The van der Waals surface area contributed by atoms with Gasteiger partial charge in [-0.25, -0.2) is 9.18 Å². The molecule has 0 spiro atoms. The third-order valence-electron chi connectivity index (χ3n) is 3.13. The third kappa shape index (κ3) is 1.92. The second-order valence-electron chi connectivity index (χ2n) is 4.11. The van der Waals surface area contributed by atoms with Crippen LogP contribution in [0.3, 0.4) is 0 Å². The molecular formula is C12H12ClFO2. The molecule has 0 bridgehead atoms. The van der Waals surface area contributed by atoms with E-state index in [2.05, 4.69) is 0 Å². The molecule has 0 aromatic heterocycles. The summed E-state index contributed by atoms with van der Waals surface area (Å²) in [5.74, 6) is -1.82. The average Bonchev–Trinajstić information content (AvgIpc) is 2.70. The van der Waals surface area contributed by atoms with Gasteiger partial charge < -0.3 is 5.11 Å². The van der Waals surface area contributed by atoms with E-state index in [4.69, 9.17) is 16.7 Å². The van der Waals surface area contributed by atoms with Gasteiger partial charge in [0, 0.05) is 0 Å². The van der Waals surface area contributed by atoms with Crippen molar-refractivity contribution >= 4 is 17.6 Å². The Labute approximate surface area is 98.0 Å². The molecule has 1 N–H and O–H groups in total. The number of aromatic carboxylic acids is 1. The van der Waals surface area contributed by atoms with Gasteiger partial charge in [-0.1, -0.05) is 30.5 Å². The first kappa shape index (κ1) is 11.4. The SMILES string of the molecule is O=C(O)c1c(Cl)ccc(C2CCCC2)c1F. The maximum Gasteiger partial charge on any atom is 0.340 e. The zero-order valence-corrected chi connectivity index (χ0v) is 9.43. The van der Waals surface area contributed by atoms with Gasteiger partial charge in [0.15, 0.2) is 0 Å². The second-order valence-corrected chi connectivity index (χ2v) is 4.52. The van der Waals surface area contributed by atoms with Crippen molar-refractivity contribution in [3.05, 3.63) is 34.1 Å². The van der Waals surface area contributed by atoms with Crippen molar-refractivity contribution in [2.75, 3.05) is 0 Å². The normalized spacial score (nSPS) is 16.6. The molecule has 16 heavy (non-hydrogen) atoms. The van der Waals surface area contributed by atoms with Crippen molar-refractivity contribution in [3.63, 3.8) is 0 Å². The van der Waals surface area contributed by atoms with Crippen LogP contribution in [0.15, 0.2) is 12.1 Å². The zero-order chi connectivity index (χ0) is 11.7. The maximum absolute atomic E-state index is 14.0. The largest absolute Gasteiger partial charge is 0.478 e. The number of benzene rings is 1. The molecule has 0 atom stereocenters. The van der Waals surface area contributed by atoms with E-state index >= 15 is 0 Å². The summed E-state index contributed by atoms with van der Waals surface area (Å²) < 4.78 is 14.0. The number of rotatable bonds is 2. The van der Waals surface area contributed by atoms with Crippen LogP contribution in [0.5, 0.6) is 0 Å². The molecule has 0 radical (unpaired) electrons. The molecular weight excluding hydrogens is 231 g/mol. The fraction of sp³-hybridized carbons (Fsp3) is 0.417. The number of hydrogen-bond donors (Lipinski definition) is 1. The van der Waals surface area contributed by atoms with Gasteiger partial charge in [-0.15, -0.1) is 0 Å². The molecule has 0 aliphatic heterocycles. The average molecular weight is 243 g/mol. The molecule has 0 amide bonds. The lowest BCUT2D eigenvalue weighted by Gasteiger charge is -2.12. The van der Waals surface area contributed by atoms with Gasteiger partial charge in [0.2, 0.25) is 0 Å². The summed E-state index contributed by atoms with van der Waals surface area (Å²) in [7, 11) is 0. The van der Waals surface area contributed by atoms with E-state index in [1.54, 1.807) is 6.07 Å². The minimum absolute atomic E-state index is 0.0354. The number of halogens is 2. The van der Waals surface area contributed by atoms with Crippen LogP contribution in [0.1, 0.15) is 47.5 Å². The minimum atomic E-state index is -1.30. The fourth-order valence-corrected chi connectivity index (χ4v) is 2.54. The monoisotopic (exact) mass is 242 g/mol. The molecule has 1 aromatic rings. The van der Waals surface area contributed by atoms with E-state index in [1.165, 1.54) is 6.07 Å². The lowest BCUT2D eigenvalue weighted by molar-refractivity contribution is 0.0692. The summed E-state index contributed by atoms with van der Waals surface area (Å²) in [5, 5.41) is 8.85. The fourth-order valence-electron chi connectivity index (χ4n) is 2.32. The summed E-state index contributed by atoms with van der Waals surface area (Å²) in [6, 6.07) is 3.09. The highest BCUT2D eigenvalue weighted by molar-refractivity contribution is 6.33. The van der Waals surface area contributed by atoms with E-state index in [-0.39, 0.29) is 10.9 Å². The highest BCUT2D eigenvalue weighted by Crippen LogP contribution is 2.37. The standard InChI is InChI=1S/C12H12ClFO2/c13-9-6-5-8(7-3-1-2-4-7)11(14)10(9)12(15)16/h5-7H,1-4H2,(H,15,16). The van der Waals surface area contributed by atoms with Crippen LogP contribution in [-0.4, -0.2) is 11.1 Å². The molecule has 0 saturated heterocycles. The maximum atomic E-state index is 14.0. The molecule has 4 heteroatoms. The van der Waals surface area contributed by atoms with Crippen LogP contribution in [0.25, 0.3) is 0 Å². The van der Waals surface area contributed by atoms with Crippen molar-refractivity contribution in [2.45, 2.75) is 31.6 Å². The van der Waals surface area contributed by atoms with Crippen LogP contribution < -0.4 is 0 Å². The Kier molecular flexibility index (Phi) is 3.15. The van der Waals surface area contributed by atoms with Gasteiger partial charge >= 0.3 is 5.97 Å². The lowest BCUT2D eigenvalue weighted by Crippen LogP contribution is -2.07. The Morgan fingerprint density at radius 3 is 2.56 bits per heavy atom. The van der Waals surface area contributed by atoms with Crippen molar-refractivity contribution < 1.29 is 14.3 Å². The first-order valence-corrected chi connectivity index (χ1v) is 5.70. The summed E-state index contributed by atoms with van der Waals surface area (Å²) >= 11 is 5.68. The summed E-state index contributed by atoms with van der Waals surface area (Å²) in [6.45, 7) is 0. The number of carbonyl (C=O) groups is 1. The van der Waals surface area contributed by atoms with Gasteiger partial charge in [-0.3, -0.25) is 0 Å². The topological polar surface area (TPSA) is 37.3 Å². The van der Waals surface area contributed by atoms with E-state index in [1.807, 2.05) is 0 Å². The Balaban J connectivity index is 2.47. The molecule has 1 saturated carbocycles. The Morgan fingerprint density at radius 2 is 2.00 bits per heavy atom. The molecule has 0 unspecified atom stereocenters. The molecule has 1 aromatic carbocycles. The van der Waals surface area contributed by atoms with Crippen LogP contribution in [-0.2, 0) is 0 Å². The summed E-state index contributed by atoms with van der Waals surface area (Å²) in [6.07, 6.45) is 4.01. The first-order valence-electron chi connectivity index (χ1n) is 5.32. The van der Waals surface area contributed by atoms with E-state index in [0.717, 1.165) is 25.7 Å². The smallest absolute Gasteiger partial charge is 0.340 e. The van der Waals surface area contributed by atoms with E-state index in [0.29, 0.717) is 5.56 Å². The Morgan fingerprint density at radius 1 is 1.38 bits per heavy atom. The highest BCUT2D eigenvalue weighted by Gasteiger charge is 2.25. The first-order chi connectivity index (χ1) is 7.61. The molecule has 1 aliphatic rings. The quantitative estimate of drug-likeness (QED) is 0.856. The molecule has 2 nitrogen and oxygen atoms in total. The molecule has 1 aliphatic carbocycles. The van der Waals surface area contributed by atoms with Crippen LogP contribution in [0.2, 0.25) is 5.02 Å². The molecule has 86 valence electrons. The summed E-state index contributed by atoms with van der Waals surface area (Å²) in [4.78, 5) is 10.9. The van der Waals surface area contributed by atoms with Crippen LogP contribution in [0, 0.1) is 5.82 Å². The minimum Gasteiger partial charge on any atom is -0.478 e. The van der Waals surface area contributed by atoms with E-state index < -0.39 is 17.3 Å². The predicted octanol–water partition coefficient (Wildman–Crippen LogP) is 3.83. The third-order valence-corrected chi connectivity index (χ3v) is 3.44.